The summed E-state index contributed by atoms with van der Waals surface area (Å²) in [4.78, 5) is 42.7. The van der Waals surface area contributed by atoms with Crippen LogP contribution in [0.3, 0.4) is 0 Å². The van der Waals surface area contributed by atoms with E-state index in [1.54, 1.807) is 52.3 Å². The molecule has 0 spiro atoms. The Balaban J connectivity index is 1.18. The molecule has 2 fully saturated rings. The molecule has 3 aromatic carbocycles. The molecule has 0 radical (unpaired) electrons. The van der Waals surface area contributed by atoms with E-state index in [0.29, 0.717) is 54.6 Å². The van der Waals surface area contributed by atoms with Gasteiger partial charge in [0.25, 0.3) is 11.6 Å². The lowest BCUT2D eigenvalue weighted by molar-refractivity contribution is -0.384. The predicted molar refractivity (Wildman–Crippen MR) is 147 cm³/mol. The first kappa shape index (κ1) is 25.0. The third-order valence-corrected chi connectivity index (χ3v) is 7.81. The molecule has 3 amide bonds. The van der Waals surface area contributed by atoms with Gasteiger partial charge in [-0.2, -0.15) is 0 Å². The second kappa shape index (κ2) is 9.46. The number of non-ortho nitro benzene ring substituents is 1. The monoisotopic (exact) mass is 547 g/mol. The molecule has 2 atom stereocenters. The molecule has 0 aromatic heterocycles. The van der Waals surface area contributed by atoms with Crippen LogP contribution in [0.2, 0.25) is 5.02 Å². The van der Waals surface area contributed by atoms with Crippen molar-refractivity contribution < 1.29 is 19.2 Å². The summed E-state index contributed by atoms with van der Waals surface area (Å²) < 4.78 is 6.34. The number of hydrogen-bond acceptors (Lipinski definition) is 6. The van der Waals surface area contributed by atoms with E-state index >= 15 is 0 Å². The van der Waals surface area contributed by atoms with Gasteiger partial charge in [0.05, 0.1) is 16.7 Å². The number of halogens is 1. The topological polar surface area (TPSA) is 108 Å². The van der Waals surface area contributed by atoms with Crippen molar-refractivity contribution in [1.82, 2.24) is 10.2 Å². The van der Waals surface area contributed by atoms with Gasteiger partial charge in [-0.05, 0) is 55.5 Å². The van der Waals surface area contributed by atoms with Gasteiger partial charge in [-0.1, -0.05) is 17.7 Å². The average Bonchev–Trinajstić information content (AvgIpc) is 2.93. The molecule has 3 aliphatic rings. The molecule has 2 bridgehead atoms. The van der Waals surface area contributed by atoms with Crippen LogP contribution in [-0.4, -0.2) is 53.7 Å². The third kappa shape index (κ3) is 4.50. The number of nitrogens with zero attached hydrogens (tertiary/aromatic N) is 4. The molecular formula is C28H26ClN5O5. The molecule has 3 heterocycles. The highest BCUT2D eigenvalue weighted by Crippen LogP contribution is 2.46. The lowest BCUT2D eigenvalue weighted by atomic mass is 9.90. The van der Waals surface area contributed by atoms with Crippen LogP contribution in [-0.2, 0) is 0 Å². The molecule has 0 unspecified atom stereocenters. The highest BCUT2D eigenvalue weighted by molar-refractivity contribution is 6.30. The number of urea groups is 1. The van der Waals surface area contributed by atoms with Crippen molar-refractivity contribution in [3.8, 4) is 5.75 Å². The van der Waals surface area contributed by atoms with Gasteiger partial charge in [-0.3, -0.25) is 19.8 Å². The van der Waals surface area contributed by atoms with Crippen molar-refractivity contribution in [3.63, 3.8) is 0 Å². The first-order valence-corrected chi connectivity index (χ1v) is 13.1. The van der Waals surface area contributed by atoms with E-state index in [9.17, 15) is 19.7 Å². The number of nitro benzene ring substituents is 1. The summed E-state index contributed by atoms with van der Waals surface area (Å²) in [6.07, 6.45) is 0.523. The molecular weight excluding hydrogens is 522 g/mol. The van der Waals surface area contributed by atoms with Crippen molar-refractivity contribution in [2.75, 3.05) is 36.0 Å². The number of nitro groups is 1. The molecule has 1 N–H and O–H groups in total. The molecule has 0 aliphatic carbocycles. The fourth-order valence-corrected chi connectivity index (χ4v) is 5.83. The number of carbonyl (C=O) groups excluding carboxylic acids is 2. The summed E-state index contributed by atoms with van der Waals surface area (Å²) in [5.41, 5.74) is 1.90. The van der Waals surface area contributed by atoms with Gasteiger partial charge in [-0.15, -0.1) is 0 Å². The number of benzene rings is 3. The van der Waals surface area contributed by atoms with Crippen LogP contribution in [0.1, 0.15) is 35.3 Å². The number of hydrogen-bond donors (Lipinski definition) is 1. The number of carbonyl (C=O) groups is 2. The van der Waals surface area contributed by atoms with Crippen LogP contribution in [0, 0.1) is 10.1 Å². The molecule has 6 rings (SSSR count). The normalized spacial score (nSPS) is 22.1. The fraction of sp³-hybridized carbons (Fsp3) is 0.286. The summed E-state index contributed by atoms with van der Waals surface area (Å²) in [6, 6.07) is 18.4. The number of fused-ring (bicyclic) bond motifs is 4. The Hall–Kier alpha value is -4.31. The summed E-state index contributed by atoms with van der Waals surface area (Å²) >= 11 is 6.18. The zero-order chi connectivity index (χ0) is 27.3. The lowest BCUT2D eigenvalue weighted by Gasteiger charge is -2.50. The minimum absolute atomic E-state index is 0.0476. The Morgan fingerprint density at radius 1 is 1.05 bits per heavy atom. The summed E-state index contributed by atoms with van der Waals surface area (Å²) in [6.45, 7) is 4.10. The number of piperazine rings is 1. The Bertz CT molecular complexity index is 1470. The fourth-order valence-electron chi connectivity index (χ4n) is 5.65. The zero-order valence-electron chi connectivity index (χ0n) is 21.2. The maximum Gasteiger partial charge on any atom is 0.325 e. The first-order chi connectivity index (χ1) is 18.7. The lowest BCUT2D eigenvalue weighted by Crippen LogP contribution is -2.65. The first-order valence-electron chi connectivity index (χ1n) is 12.7. The van der Waals surface area contributed by atoms with Crippen LogP contribution in [0.5, 0.6) is 5.75 Å². The molecule has 10 nitrogen and oxygen atoms in total. The Morgan fingerprint density at radius 2 is 1.79 bits per heavy atom. The van der Waals surface area contributed by atoms with Gasteiger partial charge in [0, 0.05) is 66.6 Å². The second-order valence-electron chi connectivity index (χ2n) is 10.1. The highest BCUT2D eigenvalue weighted by atomic mass is 35.5. The molecule has 200 valence electrons. The minimum atomic E-state index is -0.939. The minimum Gasteiger partial charge on any atom is -0.467 e. The van der Waals surface area contributed by atoms with E-state index in [1.165, 1.54) is 12.1 Å². The van der Waals surface area contributed by atoms with Crippen molar-refractivity contribution in [2.45, 2.75) is 25.1 Å². The Kier molecular flexibility index (Phi) is 6.06. The van der Waals surface area contributed by atoms with Crippen LogP contribution in [0.4, 0.5) is 21.9 Å². The van der Waals surface area contributed by atoms with Crippen LogP contribution in [0.15, 0.2) is 66.7 Å². The molecule has 0 saturated carbocycles. The maximum absolute atomic E-state index is 13.4. The van der Waals surface area contributed by atoms with E-state index in [1.807, 2.05) is 19.1 Å². The number of nitrogens with one attached hydrogen (secondary N) is 1. The van der Waals surface area contributed by atoms with Crippen molar-refractivity contribution in [1.29, 1.82) is 0 Å². The summed E-state index contributed by atoms with van der Waals surface area (Å²) in [5.74, 6) is 0.548. The molecule has 3 aliphatic heterocycles. The molecule has 3 aromatic rings. The van der Waals surface area contributed by atoms with E-state index in [0.717, 1.165) is 11.3 Å². The standard InChI is InChI=1S/C28H26ClN5O5/c1-28-17-24(23-16-19(29)5-10-25(23)39-28)30-27(36)33(28)22-4-2-3-18(15-22)26(35)32-13-11-31(12-14-32)20-6-8-21(9-7-20)34(37)38/h2-10,15-16,24H,11-14,17H2,1H3,(H,30,36)/t24-,28-/m1/s1. The average molecular weight is 548 g/mol. The molecule has 11 heteroatoms. The predicted octanol–water partition coefficient (Wildman–Crippen LogP) is 4.98. The quantitative estimate of drug-likeness (QED) is 0.364. The third-order valence-electron chi connectivity index (χ3n) is 7.58. The number of amides is 3. The van der Waals surface area contributed by atoms with Crippen molar-refractivity contribution >= 4 is 40.6 Å². The van der Waals surface area contributed by atoms with Crippen LogP contribution < -0.4 is 19.9 Å². The van der Waals surface area contributed by atoms with Crippen molar-refractivity contribution in [3.05, 3.63) is 93.0 Å². The highest BCUT2D eigenvalue weighted by Gasteiger charge is 2.50. The van der Waals surface area contributed by atoms with Gasteiger partial charge in [0.2, 0.25) is 0 Å². The van der Waals surface area contributed by atoms with Crippen molar-refractivity contribution in [2.24, 2.45) is 0 Å². The van der Waals surface area contributed by atoms with Gasteiger partial charge < -0.3 is 19.9 Å². The number of ether oxygens (including phenoxy) is 1. The van der Waals surface area contributed by atoms with E-state index in [2.05, 4.69) is 10.2 Å². The Labute approximate surface area is 229 Å². The maximum atomic E-state index is 13.4. The van der Waals surface area contributed by atoms with Crippen LogP contribution in [0.25, 0.3) is 0 Å². The largest absolute Gasteiger partial charge is 0.467 e. The number of rotatable bonds is 4. The SMILES string of the molecule is C[C@@]12C[C@@H](NC(=O)N1c1cccc(C(=O)N3CCN(c4ccc([N+](=O)[O-])cc4)CC3)c1)c1cc(Cl)ccc1O2. The summed E-state index contributed by atoms with van der Waals surface area (Å²) in [7, 11) is 0. The van der Waals surface area contributed by atoms with Gasteiger partial charge in [0.15, 0.2) is 5.72 Å². The molecule has 2 saturated heterocycles. The van der Waals surface area contributed by atoms with Gasteiger partial charge in [0.1, 0.15) is 5.75 Å². The van der Waals surface area contributed by atoms with E-state index < -0.39 is 10.6 Å². The van der Waals surface area contributed by atoms with Gasteiger partial charge >= 0.3 is 6.03 Å². The molecule has 39 heavy (non-hydrogen) atoms. The van der Waals surface area contributed by atoms with E-state index in [-0.39, 0.29) is 23.7 Å². The zero-order valence-corrected chi connectivity index (χ0v) is 21.9. The van der Waals surface area contributed by atoms with Gasteiger partial charge in [-0.25, -0.2) is 4.79 Å². The smallest absolute Gasteiger partial charge is 0.325 e. The number of anilines is 2. The Morgan fingerprint density at radius 3 is 2.51 bits per heavy atom. The van der Waals surface area contributed by atoms with Crippen LogP contribution >= 0.6 is 11.6 Å². The summed E-state index contributed by atoms with van der Waals surface area (Å²) in [5, 5.41) is 14.6. The second-order valence-corrected chi connectivity index (χ2v) is 10.5. The van der Waals surface area contributed by atoms with E-state index in [4.69, 9.17) is 16.3 Å².